The number of carbonyl (C=O) groups is 3. The minimum atomic E-state index is -1.07. The molecule has 0 radical (unpaired) electrons. The van der Waals surface area contributed by atoms with Crippen molar-refractivity contribution in [2.24, 2.45) is 0 Å². The molecule has 0 fully saturated rings. The predicted molar refractivity (Wildman–Crippen MR) is 99.6 cm³/mol. The second-order valence-electron chi connectivity index (χ2n) is 5.38. The van der Waals surface area contributed by atoms with E-state index < -0.39 is 17.8 Å². The normalized spacial score (nSPS) is 10.4. The zero-order chi connectivity index (χ0) is 19.6. The summed E-state index contributed by atoms with van der Waals surface area (Å²) in [5.41, 5.74) is 1.24. The molecule has 7 nitrogen and oxygen atoms in total. The number of rotatable bonds is 8. The van der Waals surface area contributed by atoms with E-state index >= 15 is 0 Å². The molecule has 0 aliphatic rings. The molecule has 2 rings (SSSR count). The van der Waals surface area contributed by atoms with Gasteiger partial charge in [0.2, 0.25) is 0 Å². The van der Waals surface area contributed by atoms with E-state index in [2.05, 4.69) is 5.32 Å². The van der Waals surface area contributed by atoms with Crippen LogP contribution in [-0.2, 0) is 14.3 Å². The first kappa shape index (κ1) is 19.7. The number of ether oxygens (including phenoxy) is 2. The third-order valence-electron chi connectivity index (χ3n) is 3.34. The third kappa shape index (κ3) is 6.66. The minimum absolute atomic E-state index is 0.0835. The molecule has 0 saturated heterocycles. The van der Waals surface area contributed by atoms with Crippen LogP contribution in [0.1, 0.15) is 22.8 Å². The first-order chi connectivity index (χ1) is 13.0. The lowest BCUT2D eigenvalue weighted by Gasteiger charge is -2.08. The Bertz CT molecular complexity index is 842. The number of hydrogen-bond acceptors (Lipinski definition) is 5. The van der Waals surface area contributed by atoms with Crippen molar-refractivity contribution in [3.8, 4) is 5.75 Å². The molecular weight excluding hydrogens is 350 g/mol. The fraction of sp³-hybridized carbons (Fsp3) is 0.150. The van der Waals surface area contributed by atoms with Crippen LogP contribution in [0.25, 0.3) is 6.08 Å². The van der Waals surface area contributed by atoms with E-state index in [-0.39, 0.29) is 12.2 Å². The maximum absolute atomic E-state index is 11.9. The van der Waals surface area contributed by atoms with Crippen molar-refractivity contribution < 1.29 is 29.0 Å². The molecule has 0 heterocycles. The highest BCUT2D eigenvalue weighted by Crippen LogP contribution is 2.14. The molecule has 0 aliphatic heterocycles. The summed E-state index contributed by atoms with van der Waals surface area (Å²) in [7, 11) is 0. The molecule has 7 heteroatoms. The van der Waals surface area contributed by atoms with Gasteiger partial charge in [-0.25, -0.2) is 9.59 Å². The third-order valence-corrected chi connectivity index (χ3v) is 3.34. The molecule has 1 amide bonds. The van der Waals surface area contributed by atoms with Crippen molar-refractivity contribution >= 4 is 29.6 Å². The first-order valence-corrected chi connectivity index (χ1v) is 8.19. The predicted octanol–water partition coefficient (Wildman–Crippen LogP) is 2.98. The summed E-state index contributed by atoms with van der Waals surface area (Å²) in [6, 6.07) is 12.7. The Morgan fingerprint density at radius 3 is 2.52 bits per heavy atom. The first-order valence-electron chi connectivity index (χ1n) is 8.19. The van der Waals surface area contributed by atoms with Crippen LogP contribution in [0.4, 0.5) is 5.69 Å². The Morgan fingerprint density at radius 2 is 1.85 bits per heavy atom. The largest absolute Gasteiger partial charge is 0.484 e. The molecule has 0 unspecified atom stereocenters. The van der Waals surface area contributed by atoms with Crippen LogP contribution in [0.15, 0.2) is 54.6 Å². The molecule has 0 bridgehead atoms. The van der Waals surface area contributed by atoms with Crippen molar-refractivity contribution in [3.05, 3.63) is 65.7 Å². The van der Waals surface area contributed by atoms with Gasteiger partial charge < -0.3 is 19.9 Å². The average Bonchev–Trinajstić information content (AvgIpc) is 2.66. The highest BCUT2D eigenvalue weighted by Gasteiger charge is 2.07. The SMILES string of the molecule is CCOC(=O)/C=C/c1ccc(OCC(=O)Nc2cccc(C(=O)O)c2)cc1. The molecule has 2 aromatic carbocycles. The summed E-state index contributed by atoms with van der Waals surface area (Å²) in [5, 5.41) is 11.5. The lowest BCUT2D eigenvalue weighted by atomic mass is 10.2. The van der Waals surface area contributed by atoms with E-state index in [4.69, 9.17) is 14.6 Å². The van der Waals surface area contributed by atoms with E-state index in [0.717, 1.165) is 5.56 Å². The number of esters is 1. The van der Waals surface area contributed by atoms with Crippen LogP contribution in [0.2, 0.25) is 0 Å². The smallest absolute Gasteiger partial charge is 0.335 e. The number of carboxylic acid groups (broad SMARTS) is 1. The van der Waals surface area contributed by atoms with Crippen LogP contribution in [-0.4, -0.2) is 36.2 Å². The van der Waals surface area contributed by atoms with Gasteiger partial charge in [-0.2, -0.15) is 0 Å². The maximum atomic E-state index is 11.9. The van der Waals surface area contributed by atoms with Gasteiger partial charge in [0.05, 0.1) is 12.2 Å². The Hall–Kier alpha value is -3.61. The van der Waals surface area contributed by atoms with E-state index in [1.807, 2.05) is 0 Å². The number of hydrogen-bond donors (Lipinski definition) is 2. The lowest BCUT2D eigenvalue weighted by Crippen LogP contribution is -2.20. The van der Waals surface area contributed by atoms with Gasteiger partial charge in [0, 0.05) is 11.8 Å². The topological polar surface area (TPSA) is 102 Å². The number of anilines is 1. The van der Waals surface area contributed by atoms with Crippen molar-refractivity contribution in [1.29, 1.82) is 0 Å². The van der Waals surface area contributed by atoms with Gasteiger partial charge in [0.15, 0.2) is 6.61 Å². The number of nitrogens with one attached hydrogen (secondary N) is 1. The molecule has 2 N–H and O–H groups in total. The van der Waals surface area contributed by atoms with Gasteiger partial charge in [-0.3, -0.25) is 4.79 Å². The van der Waals surface area contributed by atoms with E-state index in [0.29, 0.717) is 18.0 Å². The van der Waals surface area contributed by atoms with Crippen LogP contribution in [0.3, 0.4) is 0 Å². The Kier molecular flexibility index (Phi) is 7.13. The fourth-order valence-electron chi connectivity index (χ4n) is 2.11. The van der Waals surface area contributed by atoms with Gasteiger partial charge in [0.25, 0.3) is 5.91 Å². The average molecular weight is 369 g/mol. The zero-order valence-electron chi connectivity index (χ0n) is 14.7. The van der Waals surface area contributed by atoms with Crippen molar-refractivity contribution in [1.82, 2.24) is 0 Å². The van der Waals surface area contributed by atoms with Crippen LogP contribution < -0.4 is 10.1 Å². The van der Waals surface area contributed by atoms with Gasteiger partial charge in [-0.05, 0) is 48.9 Å². The summed E-state index contributed by atoms with van der Waals surface area (Å²) in [4.78, 5) is 34.1. The number of carboxylic acids is 1. The van der Waals surface area contributed by atoms with Crippen molar-refractivity contribution in [3.63, 3.8) is 0 Å². The molecule has 0 saturated carbocycles. The zero-order valence-corrected chi connectivity index (χ0v) is 14.7. The minimum Gasteiger partial charge on any atom is -0.484 e. The summed E-state index contributed by atoms with van der Waals surface area (Å²) < 4.78 is 10.2. The second kappa shape index (κ2) is 9.76. The number of benzene rings is 2. The highest BCUT2D eigenvalue weighted by molar-refractivity contribution is 5.94. The van der Waals surface area contributed by atoms with Crippen molar-refractivity contribution in [2.75, 3.05) is 18.5 Å². The molecule has 0 atom stereocenters. The molecule has 27 heavy (non-hydrogen) atoms. The molecule has 0 aliphatic carbocycles. The van der Waals surface area contributed by atoms with Crippen molar-refractivity contribution in [2.45, 2.75) is 6.92 Å². The quantitative estimate of drug-likeness (QED) is 0.548. The van der Waals surface area contributed by atoms with E-state index in [1.165, 1.54) is 18.2 Å². The standard InChI is InChI=1S/C20H19NO6/c1-2-26-19(23)11-8-14-6-9-17(10-7-14)27-13-18(22)21-16-5-3-4-15(12-16)20(24)25/h3-12H,2,13H2,1H3,(H,21,22)(H,24,25)/b11-8+. The van der Waals surface area contributed by atoms with Gasteiger partial charge in [0.1, 0.15) is 5.75 Å². The van der Waals surface area contributed by atoms with Crippen LogP contribution >= 0.6 is 0 Å². The number of aromatic carboxylic acids is 1. The molecule has 0 spiro atoms. The molecular formula is C20H19NO6. The highest BCUT2D eigenvalue weighted by atomic mass is 16.5. The summed E-state index contributed by atoms with van der Waals surface area (Å²) in [5.74, 6) is -1.41. The summed E-state index contributed by atoms with van der Waals surface area (Å²) in [6.45, 7) is 1.82. The summed E-state index contributed by atoms with van der Waals surface area (Å²) >= 11 is 0. The Labute approximate surface area is 156 Å². The number of carbonyl (C=O) groups excluding carboxylic acids is 2. The van der Waals surface area contributed by atoms with Crippen LogP contribution in [0, 0.1) is 0 Å². The molecule has 140 valence electrons. The maximum Gasteiger partial charge on any atom is 0.335 e. The lowest BCUT2D eigenvalue weighted by molar-refractivity contribution is -0.137. The monoisotopic (exact) mass is 369 g/mol. The van der Waals surface area contributed by atoms with Gasteiger partial charge in [-0.15, -0.1) is 0 Å². The number of amides is 1. The van der Waals surface area contributed by atoms with Gasteiger partial charge in [-0.1, -0.05) is 18.2 Å². The van der Waals surface area contributed by atoms with Gasteiger partial charge >= 0.3 is 11.9 Å². The fourth-order valence-corrected chi connectivity index (χ4v) is 2.11. The Balaban J connectivity index is 1.85. The van der Waals surface area contributed by atoms with E-state index in [9.17, 15) is 14.4 Å². The molecule has 2 aromatic rings. The van der Waals surface area contributed by atoms with Crippen LogP contribution in [0.5, 0.6) is 5.75 Å². The molecule has 0 aromatic heterocycles. The second-order valence-corrected chi connectivity index (χ2v) is 5.38. The summed E-state index contributed by atoms with van der Waals surface area (Å²) in [6.07, 6.45) is 2.95. The Morgan fingerprint density at radius 1 is 1.11 bits per heavy atom. The van der Waals surface area contributed by atoms with E-state index in [1.54, 1.807) is 49.4 Å².